The number of anilines is 1. The van der Waals surface area contributed by atoms with Crippen LogP contribution in [0, 0.1) is 12.0 Å². The number of benzene rings is 1. The zero-order valence-corrected chi connectivity index (χ0v) is 16.9. The van der Waals surface area contributed by atoms with Crippen LogP contribution in [0.15, 0.2) is 47.3 Å². The molecule has 0 atom stereocenters. The van der Waals surface area contributed by atoms with Crippen molar-refractivity contribution >= 4 is 50.2 Å². The number of aromatic amines is 1. The smallest absolute Gasteiger partial charge is 0.229 e. The van der Waals surface area contributed by atoms with Crippen molar-refractivity contribution in [2.45, 2.75) is 20.8 Å². The molecule has 2 N–H and O–H groups in total. The lowest BCUT2D eigenvalue weighted by Gasteiger charge is -2.18. The lowest BCUT2D eigenvalue weighted by molar-refractivity contribution is -0.123. The van der Waals surface area contributed by atoms with E-state index in [1.54, 1.807) is 24.5 Å². The van der Waals surface area contributed by atoms with Crippen molar-refractivity contribution in [3.05, 3.63) is 69.9 Å². The molecule has 1 amide bonds. The third-order valence-corrected chi connectivity index (χ3v) is 4.61. The predicted molar refractivity (Wildman–Crippen MR) is 113 cm³/mol. The van der Waals surface area contributed by atoms with E-state index < -0.39 is 5.41 Å². The highest BCUT2D eigenvalue weighted by atomic mass is 79.9. The van der Waals surface area contributed by atoms with Crippen LogP contribution in [-0.2, 0) is 4.79 Å². The molecule has 0 saturated carbocycles. The summed E-state index contributed by atoms with van der Waals surface area (Å²) in [6.07, 6.45) is 6.84. The quantitative estimate of drug-likeness (QED) is 0.529. The van der Waals surface area contributed by atoms with Gasteiger partial charge < -0.3 is 10.3 Å². The van der Waals surface area contributed by atoms with Crippen molar-refractivity contribution in [2.24, 2.45) is 5.41 Å². The van der Waals surface area contributed by atoms with Gasteiger partial charge in [0.15, 0.2) is 5.70 Å². The van der Waals surface area contributed by atoms with E-state index in [-0.39, 0.29) is 5.91 Å². The Balaban J connectivity index is 2.05. The van der Waals surface area contributed by atoms with Crippen LogP contribution in [0.5, 0.6) is 0 Å². The van der Waals surface area contributed by atoms with Gasteiger partial charge in [0, 0.05) is 44.6 Å². The van der Waals surface area contributed by atoms with Crippen LogP contribution in [0.3, 0.4) is 0 Å². The van der Waals surface area contributed by atoms with Crippen molar-refractivity contribution in [3.63, 3.8) is 0 Å². The van der Waals surface area contributed by atoms with Gasteiger partial charge in [0.05, 0.1) is 6.57 Å². The number of hydrogen-bond donors (Lipinski definition) is 2. The average Bonchev–Trinajstić information content (AvgIpc) is 3.03. The fraction of sp³-hybridized carbons (Fsp3) is 0.190. The Hall–Kier alpha value is -2.91. The van der Waals surface area contributed by atoms with Crippen LogP contribution in [-0.4, -0.2) is 15.9 Å². The molecule has 3 aromatic rings. The largest absolute Gasteiger partial charge is 0.362 e. The first kappa shape index (κ1) is 18.9. The van der Waals surface area contributed by atoms with Crippen LogP contribution in [0.25, 0.3) is 27.5 Å². The lowest BCUT2D eigenvalue weighted by Crippen LogP contribution is -2.27. The van der Waals surface area contributed by atoms with Crippen LogP contribution >= 0.6 is 15.9 Å². The Kier molecular flexibility index (Phi) is 5.15. The highest BCUT2D eigenvalue weighted by Gasteiger charge is 2.22. The molecule has 27 heavy (non-hydrogen) atoms. The van der Waals surface area contributed by atoms with Crippen LogP contribution in [0.1, 0.15) is 31.9 Å². The zero-order chi connectivity index (χ0) is 19.6. The summed E-state index contributed by atoms with van der Waals surface area (Å²) < 4.78 is 0.944. The highest BCUT2D eigenvalue weighted by molar-refractivity contribution is 9.10. The van der Waals surface area contributed by atoms with Gasteiger partial charge in [-0.2, -0.15) is 0 Å². The SMILES string of the molecule is [C-]#[N+]/C(=C\c1cnccc1NC(=O)C(C)(C)C)c1c[nH]c2ccc(Br)cc12. The van der Waals surface area contributed by atoms with Crippen molar-refractivity contribution in [1.29, 1.82) is 0 Å². The summed E-state index contributed by atoms with van der Waals surface area (Å²) in [7, 11) is 0. The number of fused-ring (bicyclic) bond motifs is 1. The molecule has 1 aromatic carbocycles. The molecule has 0 fully saturated rings. The van der Waals surface area contributed by atoms with Crippen molar-refractivity contribution < 1.29 is 4.79 Å². The number of carbonyl (C=O) groups is 1. The molecule has 0 saturated heterocycles. The molecule has 0 spiro atoms. The standard InChI is InChI=1S/C21H19BrN4O/c1-21(2,3)20(27)26-17-7-8-24-11-13(17)9-19(23-4)16-12-25-18-6-5-14(22)10-15(16)18/h5-12,25H,1-3H3,(H,24,26,27)/b19-9-. The first-order valence-corrected chi connectivity index (χ1v) is 9.20. The minimum atomic E-state index is -0.518. The third kappa shape index (κ3) is 4.09. The molecule has 3 rings (SSSR count). The van der Waals surface area contributed by atoms with Crippen molar-refractivity contribution in [1.82, 2.24) is 9.97 Å². The molecular weight excluding hydrogens is 404 g/mol. The Morgan fingerprint density at radius 3 is 2.81 bits per heavy atom. The van der Waals surface area contributed by atoms with Gasteiger partial charge in [0.2, 0.25) is 5.91 Å². The summed E-state index contributed by atoms with van der Waals surface area (Å²) >= 11 is 3.48. The van der Waals surface area contributed by atoms with E-state index in [4.69, 9.17) is 6.57 Å². The van der Waals surface area contributed by atoms with Crippen molar-refractivity contribution in [3.8, 4) is 0 Å². The number of nitrogens with one attached hydrogen (secondary N) is 2. The van der Waals surface area contributed by atoms with Gasteiger partial charge in [-0.3, -0.25) is 9.78 Å². The van der Waals surface area contributed by atoms with E-state index in [0.29, 0.717) is 16.9 Å². The van der Waals surface area contributed by atoms with Crippen molar-refractivity contribution in [2.75, 3.05) is 5.32 Å². The Morgan fingerprint density at radius 1 is 1.33 bits per heavy atom. The minimum absolute atomic E-state index is 0.0938. The van der Waals surface area contributed by atoms with E-state index in [1.807, 2.05) is 45.2 Å². The Bertz CT molecular complexity index is 1080. The van der Waals surface area contributed by atoms with E-state index in [0.717, 1.165) is 20.9 Å². The number of carbonyl (C=O) groups excluding carboxylic acids is 1. The Labute approximate surface area is 166 Å². The fourth-order valence-electron chi connectivity index (χ4n) is 2.57. The normalized spacial score (nSPS) is 12.0. The third-order valence-electron chi connectivity index (χ3n) is 4.11. The zero-order valence-electron chi connectivity index (χ0n) is 15.3. The molecule has 0 aliphatic rings. The second-order valence-corrected chi connectivity index (χ2v) is 8.12. The number of rotatable bonds is 3. The second-order valence-electron chi connectivity index (χ2n) is 7.20. The molecule has 6 heteroatoms. The lowest BCUT2D eigenvalue weighted by atomic mass is 9.95. The van der Waals surface area contributed by atoms with Gasteiger partial charge in [-0.15, -0.1) is 0 Å². The maximum atomic E-state index is 12.4. The maximum absolute atomic E-state index is 12.4. The molecule has 5 nitrogen and oxygen atoms in total. The first-order chi connectivity index (χ1) is 12.8. The van der Waals surface area contributed by atoms with Gasteiger partial charge in [0.1, 0.15) is 0 Å². The summed E-state index contributed by atoms with van der Waals surface area (Å²) in [5, 5.41) is 3.88. The number of nitrogens with zero attached hydrogens (tertiary/aromatic N) is 2. The van der Waals surface area contributed by atoms with Crippen LogP contribution in [0.2, 0.25) is 0 Å². The second kappa shape index (κ2) is 7.37. The number of amides is 1. The molecule has 0 unspecified atom stereocenters. The van der Waals surface area contributed by atoms with Gasteiger partial charge >= 0.3 is 0 Å². The molecule has 0 aliphatic heterocycles. The average molecular weight is 423 g/mol. The van der Waals surface area contributed by atoms with Gasteiger partial charge in [-0.25, -0.2) is 4.85 Å². The Morgan fingerprint density at radius 2 is 2.11 bits per heavy atom. The van der Waals surface area contributed by atoms with E-state index >= 15 is 0 Å². The summed E-state index contributed by atoms with van der Waals surface area (Å²) in [6.45, 7) is 13.2. The van der Waals surface area contributed by atoms with E-state index in [1.165, 1.54) is 0 Å². The minimum Gasteiger partial charge on any atom is -0.362 e. The predicted octanol–water partition coefficient (Wildman–Crippen LogP) is 5.73. The van der Waals surface area contributed by atoms with Gasteiger partial charge in [-0.05, 0) is 41.9 Å². The van der Waals surface area contributed by atoms with Gasteiger partial charge in [0.25, 0.3) is 0 Å². The van der Waals surface area contributed by atoms with Crippen LogP contribution < -0.4 is 5.32 Å². The molecule has 2 aromatic heterocycles. The summed E-state index contributed by atoms with van der Waals surface area (Å²) in [5.41, 5.74) is 3.03. The number of aromatic nitrogens is 2. The summed E-state index contributed by atoms with van der Waals surface area (Å²) in [5.74, 6) is -0.0938. The number of hydrogen-bond acceptors (Lipinski definition) is 2. The summed E-state index contributed by atoms with van der Waals surface area (Å²) in [4.78, 5) is 23.4. The first-order valence-electron chi connectivity index (χ1n) is 8.41. The molecule has 0 bridgehead atoms. The number of H-pyrrole nitrogens is 1. The number of pyridine rings is 1. The maximum Gasteiger partial charge on any atom is 0.229 e. The molecule has 2 heterocycles. The molecular formula is C21H19BrN4O. The fourth-order valence-corrected chi connectivity index (χ4v) is 2.93. The number of halogens is 1. The molecule has 0 aliphatic carbocycles. The van der Waals surface area contributed by atoms with Crippen LogP contribution in [0.4, 0.5) is 5.69 Å². The van der Waals surface area contributed by atoms with E-state index in [2.05, 4.69) is 36.1 Å². The monoisotopic (exact) mass is 422 g/mol. The molecule has 0 radical (unpaired) electrons. The topological polar surface area (TPSA) is 62.1 Å². The van der Waals surface area contributed by atoms with Gasteiger partial charge in [-0.1, -0.05) is 36.7 Å². The van der Waals surface area contributed by atoms with E-state index in [9.17, 15) is 4.79 Å². The molecule has 136 valence electrons. The highest BCUT2D eigenvalue weighted by Crippen LogP contribution is 2.31. The summed E-state index contributed by atoms with van der Waals surface area (Å²) in [6, 6.07) is 7.63.